The molecule has 0 aliphatic carbocycles. The van der Waals surface area contributed by atoms with Gasteiger partial charge in [-0.3, -0.25) is 14.9 Å². The van der Waals surface area contributed by atoms with E-state index in [1.165, 1.54) is 12.1 Å². The number of carbonyl (C=O) groups excluding carboxylic acids is 1. The third kappa shape index (κ3) is 3.57. The van der Waals surface area contributed by atoms with Crippen molar-refractivity contribution in [1.82, 2.24) is 0 Å². The minimum absolute atomic E-state index is 0.0424. The van der Waals surface area contributed by atoms with Crippen LogP contribution in [0, 0.1) is 10.1 Å². The molecule has 0 fully saturated rings. The number of nitro groups is 1. The van der Waals surface area contributed by atoms with Crippen LogP contribution in [-0.2, 0) is 0 Å². The van der Waals surface area contributed by atoms with Crippen LogP contribution in [0.2, 0.25) is 0 Å². The van der Waals surface area contributed by atoms with E-state index in [9.17, 15) is 14.9 Å². The zero-order valence-electron chi connectivity index (χ0n) is 15.8. The van der Waals surface area contributed by atoms with Gasteiger partial charge in [0.25, 0.3) is 5.69 Å². The first kappa shape index (κ1) is 18.7. The zero-order valence-corrected chi connectivity index (χ0v) is 15.8. The number of hydrogen-bond acceptors (Lipinski definition) is 5. The molecule has 0 saturated carbocycles. The summed E-state index contributed by atoms with van der Waals surface area (Å²) in [6, 6.07) is 20.7. The van der Waals surface area contributed by atoms with Crippen molar-refractivity contribution in [1.29, 1.82) is 0 Å². The van der Waals surface area contributed by atoms with Crippen LogP contribution in [0.1, 0.15) is 40.4 Å². The number of ether oxygens (including phenoxy) is 2. The highest BCUT2D eigenvalue weighted by Gasteiger charge is 2.39. The van der Waals surface area contributed by atoms with Gasteiger partial charge in [0.05, 0.1) is 23.0 Å². The fourth-order valence-electron chi connectivity index (χ4n) is 3.63. The molecule has 2 atom stereocenters. The molecule has 3 aromatic carbocycles. The molecule has 3 aromatic rings. The number of ketones is 1. The van der Waals surface area contributed by atoms with E-state index < -0.39 is 16.9 Å². The molecule has 0 N–H and O–H groups in total. The van der Waals surface area contributed by atoms with Gasteiger partial charge in [-0.2, -0.15) is 0 Å². The minimum atomic E-state index is -0.686. The molecule has 4 rings (SSSR count). The van der Waals surface area contributed by atoms with E-state index in [1.54, 1.807) is 30.3 Å². The summed E-state index contributed by atoms with van der Waals surface area (Å²) in [4.78, 5) is 24.2. The number of fused-ring (bicyclic) bond motifs is 1. The molecule has 1 aliphatic heterocycles. The smallest absolute Gasteiger partial charge is 0.269 e. The Hall–Kier alpha value is -3.67. The topological polar surface area (TPSA) is 78.7 Å². The Morgan fingerprint density at radius 3 is 2.48 bits per heavy atom. The van der Waals surface area contributed by atoms with Gasteiger partial charge < -0.3 is 9.47 Å². The number of non-ortho nitro benzene ring substituents is 1. The average Bonchev–Trinajstić information content (AvgIpc) is 2.74. The predicted molar refractivity (Wildman–Crippen MR) is 108 cm³/mol. The van der Waals surface area contributed by atoms with Crippen molar-refractivity contribution in [3.05, 3.63) is 99.6 Å². The maximum Gasteiger partial charge on any atom is 0.269 e. The Labute approximate surface area is 167 Å². The molecule has 0 aromatic heterocycles. The molecule has 0 radical (unpaired) electrons. The molecule has 0 bridgehead atoms. The van der Waals surface area contributed by atoms with E-state index in [1.807, 2.05) is 37.3 Å². The number of hydrogen-bond donors (Lipinski definition) is 0. The van der Waals surface area contributed by atoms with Crippen molar-refractivity contribution < 1.29 is 19.2 Å². The Morgan fingerprint density at radius 2 is 1.76 bits per heavy atom. The number of carbonyl (C=O) groups is 1. The van der Waals surface area contributed by atoms with Gasteiger partial charge >= 0.3 is 0 Å². The van der Waals surface area contributed by atoms with Gasteiger partial charge in [0.2, 0.25) is 0 Å². The maximum atomic E-state index is 13.4. The van der Waals surface area contributed by atoms with E-state index in [0.717, 1.165) is 5.56 Å². The number of Topliss-reactive ketones (excluding diaryl/α,β-unsaturated/α-hetero) is 1. The molecule has 0 saturated heterocycles. The molecular formula is C23H19NO5. The third-order valence-corrected chi connectivity index (χ3v) is 4.94. The van der Waals surface area contributed by atoms with Crippen LogP contribution in [0.25, 0.3) is 0 Å². The normalized spacial score (nSPS) is 17.9. The van der Waals surface area contributed by atoms with Crippen molar-refractivity contribution in [2.45, 2.75) is 18.9 Å². The average molecular weight is 389 g/mol. The van der Waals surface area contributed by atoms with Crippen LogP contribution >= 0.6 is 0 Å². The molecule has 6 nitrogen and oxygen atoms in total. The number of nitro benzene ring substituents is 1. The molecule has 146 valence electrons. The van der Waals surface area contributed by atoms with E-state index in [2.05, 4.69) is 0 Å². The van der Waals surface area contributed by atoms with Gasteiger partial charge in [-0.05, 0) is 24.6 Å². The van der Waals surface area contributed by atoms with Crippen LogP contribution < -0.4 is 9.47 Å². The van der Waals surface area contributed by atoms with Gasteiger partial charge in [-0.1, -0.05) is 42.5 Å². The second-order valence-corrected chi connectivity index (χ2v) is 6.73. The van der Waals surface area contributed by atoms with Gasteiger partial charge in [0, 0.05) is 23.8 Å². The first-order valence-corrected chi connectivity index (χ1v) is 9.35. The molecule has 0 spiro atoms. The molecule has 1 aliphatic rings. The van der Waals surface area contributed by atoms with Gasteiger partial charge in [0.15, 0.2) is 5.78 Å². The lowest BCUT2D eigenvalue weighted by Crippen LogP contribution is -2.30. The number of nitrogens with zero attached hydrogens (tertiary/aromatic N) is 1. The standard InChI is InChI=1S/C23H19NO5/c1-2-28-18-11-12-19-20(14-18)29-23(16-9-6-10-17(13-16)24(26)27)21(22(19)25)15-7-4-3-5-8-15/h3-14,21,23H,2H2,1H3/t21-,23+/m0/s1. The van der Waals surface area contributed by atoms with Crippen molar-refractivity contribution in [3.63, 3.8) is 0 Å². The Bertz CT molecular complexity index is 1060. The maximum absolute atomic E-state index is 13.4. The van der Waals surface area contributed by atoms with Crippen molar-refractivity contribution >= 4 is 11.5 Å². The van der Waals surface area contributed by atoms with Crippen molar-refractivity contribution in [2.24, 2.45) is 0 Å². The van der Waals surface area contributed by atoms with E-state index in [-0.39, 0.29) is 11.5 Å². The lowest BCUT2D eigenvalue weighted by Gasteiger charge is -2.33. The molecule has 0 unspecified atom stereocenters. The molecular weight excluding hydrogens is 370 g/mol. The summed E-state index contributed by atoms with van der Waals surface area (Å²) >= 11 is 0. The van der Waals surface area contributed by atoms with E-state index in [0.29, 0.717) is 29.2 Å². The first-order chi connectivity index (χ1) is 14.1. The highest BCUT2D eigenvalue weighted by Crippen LogP contribution is 2.45. The lowest BCUT2D eigenvalue weighted by molar-refractivity contribution is -0.385. The lowest BCUT2D eigenvalue weighted by atomic mass is 9.81. The molecule has 29 heavy (non-hydrogen) atoms. The fourth-order valence-corrected chi connectivity index (χ4v) is 3.63. The first-order valence-electron chi connectivity index (χ1n) is 9.35. The van der Waals surface area contributed by atoms with Crippen LogP contribution in [-0.4, -0.2) is 17.3 Å². The summed E-state index contributed by atoms with van der Waals surface area (Å²) < 4.78 is 11.8. The number of rotatable bonds is 5. The largest absolute Gasteiger partial charge is 0.494 e. The molecule has 0 amide bonds. The summed E-state index contributed by atoms with van der Waals surface area (Å²) in [5.41, 5.74) is 1.81. The van der Waals surface area contributed by atoms with Crippen LogP contribution in [0.15, 0.2) is 72.8 Å². The minimum Gasteiger partial charge on any atom is -0.494 e. The number of benzene rings is 3. The van der Waals surface area contributed by atoms with Gasteiger partial charge in [-0.15, -0.1) is 0 Å². The summed E-state index contributed by atoms with van der Waals surface area (Å²) in [5, 5.41) is 11.2. The second kappa shape index (κ2) is 7.75. The Balaban J connectivity index is 1.84. The monoisotopic (exact) mass is 389 g/mol. The quantitative estimate of drug-likeness (QED) is 0.448. The zero-order chi connectivity index (χ0) is 20.4. The molecule has 1 heterocycles. The third-order valence-electron chi connectivity index (χ3n) is 4.94. The SMILES string of the molecule is CCOc1ccc2c(c1)O[C@H](c1cccc([N+](=O)[O-])c1)[C@@H](c1ccccc1)C2=O. The van der Waals surface area contributed by atoms with Crippen molar-refractivity contribution in [3.8, 4) is 11.5 Å². The molecule has 6 heteroatoms. The second-order valence-electron chi connectivity index (χ2n) is 6.73. The Morgan fingerprint density at radius 1 is 1.00 bits per heavy atom. The van der Waals surface area contributed by atoms with Crippen molar-refractivity contribution in [2.75, 3.05) is 6.61 Å². The fraction of sp³-hybridized carbons (Fsp3) is 0.174. The van der Waals surface area contributed by atoms with Crippen LogP contribution in [0.3, 0.4) is 0 Å². The highest BCUT2D eigenvalue weighted by atomic mass is 16.6. The summed E-state index contributed by atoms with van der Waals surface area (Å²) in [6.45, 7) is 2.37. The highest BCUT2D eigenvalue weighted by molar-refractivity contribution is 6.04. The van der Waals surface area contributed by atoms with E-state index >= 15 is 0 Å². The van der Waals surface area contributed by atoms with E-state index in [4.69, 9.17) is 9.47 Å². The summed E-state index contributed by atoms with van der Waals surface area (Å²) in [5.74, 6) is 0.334. The van der Waals surface area contributed by atoms with Crippen LogP contribution in [0.4, 0.5) is 5.69 Å². The summed E-state index contributed by atoms with van der Waals surface area (Å²) in [6.07, 6.45) is -0.686. The van der Waals surface area contributed by atoms with Crippen LogP contribution in [0.5, 0.6) is 11.5 Å². The van der Waals surface area contributed by atoms with Gasteiger partial charge in [0.1, 0.15) is 17.6 Å². The van der Waals surface area contributed by atoms with Gasteiger partial charge in [-0.25, -0.2) is 0 Å². The Kier molecular flexibility index (Phi) is 4.99. The summed E-state index contributed by atoms with van der Waals surface area (Å²) in [7, 11) is 0. The predicted octanol–water partition coefficient (Wildman–Crippen LogP) is 5.09.